The number of nitrogens with zero attached hydrogens (tertiary/aromatic N) is 2. The van der Waals surface area contributed by atoms with E-state index >= 15 is 0 Å². The summed E-state index contributed by atoms with van der Waals surface area (Å²) in [6.45, 7) is 9.34. The number of aryl methyl sites for hydroxylation is 1. The minimum absolute atomic E-state index is 0.516. The molecular weight excluding hydrogens is 569 g/mol. The first-order valence-electron chi connectivity index (χ1n) is 20.4. The zero-order valence-corrected chi connectivity index (χ0v) is 31.2. The second kappa shape index (κ2) is 25.6. The number of benzene rings is 2. The smallest absolute Gasteiger partial charge is 0.234 e. The molecule has 3 rings (SSSR count). The number of hydrogen-bond donors (Lipinski definition) is 0. The first-order chi connectivity index (χ1) is 23.2. The van der Waals surface area contributed by atoms with Crippen LogP contribution >= 0.6 is 0 Å². The van der Waals surface area contributed by atoms with Crippen LogP contribution in [-0.2, 0) is 25.9 Å². The molecule has 0 bridgehead atoms. The van der Waals surface area contributed by atoms with Crippen molar-refractivity contribution in [1.82, 2.24) is 4.57 Å². The van der Waals surface area contributed by atoms with E-state index in [9.17, 15) is 0 Å². The van der Waals surface area contributed by atoms with Gasteiger partial charge in [0.05, 0.1) is 19.5 Å². The highest BCUT2D eigenvalue weighted by Gasteiger charge is 2.25. The Morgan fingerprint density at radius 3 is 1.49 bits per heavy atom. The van der Waals surface area contributed by atoms with Crippen LogP contribution < -0.4 is 4.57 Å². The van der Waals surface area contributed by atoms with Gasteiger partial charge in [-0.05, 0) is 42.7 Å². The maximum Gasteiger partial charge on any atom is 0.261 e. The van der Waals surface area contributed by atoms with E-state index in [0.717, 1.165) is 25.9 Å². The molecule has 47 heavy (non-hydrogen) atoms. The van der Waals surface area contributed by atoms with Gasteiger partial charge < -0.3 is 0 Å². The van der Waals surface area contributed by atoms with Gasteiger partial charge in [0.25, 0.3) is 5.82 Å². The van der Waals surface area contributed by atoms with Crippen molar-refractivity contribution in [1.29, 1.82) is 0 Å². The van der Waals surface area contributed by atoms with E-state index in [-0.39, 0.29) is 0 Å². The normalized spacial score (nSPS) is 12.1. The molecule has 1 atom stereocenters. The summed E-state index contributed by atoms with van der Waals surface area (Å²) >= 11 is 0. The maximum atomic E-state index is 2.75. The summed E-state index contributed by atoms with van der Waals surface area (Å²) in [5.41, 5.74) is 4.41. The molecule has 2 nitrogen and oxygen atoms in total. The number of rotatable bonds is 29. The van der Waals surface area contributed by atoms with Gasteiger partial charge in [-0.2, -0.15) is 0 Å². The molecule has 0 N–H and O–H groups in total. The van der Waals surface area contributed by atoms with E-state index in [1.807, 2.05) is 0 Å². The minimum Gasteiger partial charge on any atom is -0.234 e. The summed E-state index contributed by atoms with van der Waals surface area (Å²) in [5.74, 6) is 2.03. The van der Waals surface area contributed by atoms with Crippen LogP contribution in [0, 0.1) is 0 Å². The molecule has 0 saturated heterocycles. The molecule has 0 amide bonds. The fourth-order valence-corrected chi connectivity index (χ4v) is 7.34. The number of unbranched alkanes of at least 4 members (excludes halogenated alkanes) is 20. The molecule has 0 aliphatic heterocycles. The molecule has 0 aliphatic rings. The Kier molecular flexibility index (Phi) is 21.3. The summed E-state index contributed by atoms with van der Waals surface area (Å²) in [7, 11) is 0. The van der Waals surface area contributed by atoms with E-state index in [1.165, 1.54) is 164 Å². The van der Waals surface area contributed by atoms with Crippen LogP contribution in [-0.4, -0.2) is 4.57 Å². The largest absolute Gasteiger partial charge is 0.261 e. The fourth-order valence-electron chi connectivity index (χ4n) is 7.34. The summed E-state index contributed by atoms with van der Waals surface area (Å²) in [5, 5.41) is 0. The topological polar surface area (TPSA) is 8.81 Å². The Bertz CT molecular complexity index is 1130. The van der Waals surface area contributed by atoms with Crippen LogP contribution in [0.3, 0.4) is 0 Å². The molecule has 2 aromatic carbocycles. The van der Waals surface area contributed by atoms with Crippen molar-refractivity contribution in [2.24, 2.45) is 0 Å². The molecule has 3 aromatic rings. The molecular formula is C45H73N2+. The molecule has 1 aromatic heterocycles. The molecule has 0 saturated carbocycles. The Balaban J connectivity index is 1.57. The molecule has 2 heteroatoms. The standard InChI is InChI=1S/C45H73N2/c1-4-6-8-10-12-14-15-16-17-18-19-21-23-31-37-47-44(38-41(3)43-34-28-25-29-35-43)40-46(36-30-22-20-13-11-9-7-5-2)45(47)39-42-32-26-24-27-33-42/h24-29,32-35,40-41H,4-23,30-31,36-39H2,1-3H3/q+1. The minimum atomic E-state index is 0.516. The van der Waals surface area contributed by atoms with Crippen LogP contribution in [0.2, 0.25) is 0 Å². The Labute approximate surface area is 291 Å². The van der Waals surface area contributed by atoms with E-state index in [4.69, 9.17) is 0 Å². The van der Waals surface area contributed by atoms with Gasteiger partial charge in [-0.1, -0.05) is 197 Å². The second-order valence-electron chi connectivity index (χ2n) is 14.6. The van der Waals surface area contributed by atoms with Crippen LogP contribution in [0.5, 0.6) is 0 Å². The summed E-state index contributed by atoms with van der Waals surface area (Å²) in [6.07, 6.45) is 35.5. The van der Waals surface area contributed by atoms with Crippen molar-refractivity contribution in [3.05, 3.63) is 89.5 Å². The average molecular weight is 642 g/mol. The lowest BCUT2D eigenvalue weighted by molar-refractivity contribution is -0.704. The fraction of sp³-hybridized carbons (Fsp3) is 0.667. The van der Waals surface area contributed by atoms with Crippen molar-refractivity contribution in [3.8, 4) is 0 Å². The second-order valence-corrected chi connectivity index (χ2v) is 14.6. The van der Waals surface area contributed by atoms with Crippen LogP contribution in [0.4, 0.5) is 0 Å². The van der Waals surface area contributed by atoms with E-state index in [0.29, 0.717) is 5.92 Å². The third-order valence-corrected chi connectivity index (χ3v) is 10.4. The van der Waals surface area contributed by atoms with Crippen LogP contribution in [0.1, 0.15) is 191 Å². The molecule has 0 radical (unpaired) electrons. The van der Waals surface area contributed by atoms with Gasteiger partial charge in [0, 0.05) is 6.42 Å². The molecule has 0 aliphatic carbocycles. The van der Waals surface area contributed by atoms with Crippen molar-refractivity contribution < 1.29 is 4.57 Å². The van der Waals surface area contributed by atoms with E-state index in [2.05, 4.69) is 96.8 Å². The van der Waals surface area contributed by atoms with Crippen molar-refractivity contribution in [2.75, 3.05) is 0 Å². The number of hydrogen-bond acceptors (Lipinski definition) is 0. The van der Waals surface area contributed by atoms with Crippen molar-refractivity contribution in [2.45, 2.75) is 194 Å². The molecule has 0 spiro atoms. The highest BCUT2D eigenvalue weighted by molar-refractivity contribution is 5.22. The van der Waals surface area contributed by atoms with Gasteiger partial charge in [-0.25, -0.2) is 9.13 Å². The van der Waals surface area contributed by atoms with Gasteiger partial charge in [0.1, 0.15) is 11.9 Å². The predicted octanol–water partition coefficient (Wildman–Crippen LogP) is 13.3. The van der Waals surface area contributed by atoms with E-state index < -0.39 is 0 Å². The molecule has 1 heterocycles. The summed E-state index contributed by atoms with van der Waals surface area (Å²) < 4.78 is 5.40. The average Bonchev–Trinajstić information content (AvgIpc) is 3.41. The van der Waals surface area contributed by atoms with Crippen molar-refractivity contribution >= 4 is 0 Å². The van der Waals surface area contributed by atoms with Crippen LogP contribution in [0.15, 0.2) is 66.9 Å². The third kappa shape index (κ3) is 16.5. The van der Waals surface area contributed by atoms with Gasteiger partial charge in [0.2, 0.25) is 0 Å². The Morgan fingerprint density at radius 1 is 0.532 bits per heavy atom. The Morgan fingerprint density at radius 2 is 0.979 bits per heavy atom. The zero-order valence-electron chi connectivity index (χ0n) is 31.2. The lowest BCUT2D eigenvalue weighted by Gasteiger charge is -2.12. The summed E-state index contributed by atoms with van der Waals surface area (Å²) in [6, 6.07) is 22.4. The Hall–Kier alpha value is -2.35. The van der Waals surface area contributed by atoms with Gasteiger partial charge >= 0.3 is 0 Å². The highest BCUT2D eigenvalue weighted by Crippen LogP contribution is 2.23. The van der Waals surface area contributed by atoms with Crippen LogP contribution in [0.25, 0.3) is 0 Å². The maximum absolute atomic E-state index is 2.75. The monoisotopic (exact) mass is 642 g/mol. The molecule has 262 valence electrons. The lowest BCUT2D eigenvalue weighted by Crippen LogP contribution is -2.37. The van der Waals surface area contributed by atoms with Gasteiger partial charge in [-0.15, -0.1) is 0 Å². The number of aromatic nitrogens is 2. The first-order valence-corrected chi connectivity index (χ1v) is 20.4. The SMILES string of the molecule is CCCCCCCCCCCCCCCCn1c(CC(C)c2ccccc2)c[n+](CCCCCCCCCC)c1Cc1ccccc1. The first kappa shape index (κ1) is 39.1. The van der Waals surface area contributed by atoms with E-state index in [1.54, 1.807) is 0 Å². The van der Waals surface area contributed by atoms with Gasteiger partial charge in [0.15, 0.2) is 0 Å². The lowest BCUT2D eigenvalue weighted by atomic mass is 9.96. The number of imidazole rings is 1. The zero-order chi connectivity index (χ0) is 33.2. The quantitative estimate of drug-likeness (QED) is 0.0527. The predicted molar refractivity (Wildman–Crippen MR) is 205 cm³/mol. The summed E-state index contributed by atoms with van der Waals surface area (Å²) in [4.78, 5) is 0. The molecule has 0 fully saturated rings. The highest BCUT2D eigenvalue weighted by atomic mass is 15.2. The third-order valence-electron chi connectivity index (χ3n) is 10.4. The van der Waals surface area contributed by atoms with Crippen molar-refractivity contribution in [3.63, 3.8) is 0 Å². The van der Waals surface area contributed by atoms with Gasteiger partial charge in [-0.3, -0.25) is 0 Å². The molecule has 1 unspecified atom stereocenters.